The topological polar surface area (TPSA) is 70.6 Å². The van der Waals surface area contributed by atoms with E-state index in [1.54, 1.807) is 20.8 Å². The number of rotatable bonds is 6. The summed E-state index contributed by atoms with van der Waals surface area (Å²) in [5.74, 6) is 0.613. The average molecular weight is 388 g/mol. The number of benzene rings is 2. The minimum atomic E-state index is -3.18. The van der Waals surface area contributed by atoms with Gasteiger partial charge in [-0.3, -0.25) is 0 Å². The molecular formula is C21H29N3O2S. The molecule has 0 aliphatic heterocycles. The Bertz CT molecular complexity index is 853. The molecule has 0 aliphatic carbocycles. The van der Waals surface area contributed by atoms with Crippen LogP contribution in [0.1, 0.15) is 31.9 Å². The smallest absolute Gasteiger partial charge is 0.196 e. The minimum absolute atomic E-state index is 0.0521. The fraction of sp³-hybridized carbons (Fsp3) is 0.381. The highest BCUT2D eigenvalue weighted by molar-refractivity contribution is 7.92. The van der Waals surface area contributed by atoms with Gasteiger partial charge in [-0.25, -0.2) is 13.4 Å². The Hall–Kier alpha value is -2.34. The SMILES string of the molecule is Cc1ccc(CN=C(NCCS(=O)(=O)C(C)(C)C)Nc2ccccc2)cc1. The number of guanidine groups is 1. The summed E-state index contributed by atoms with van der Waals surface area (Å²) >= 11 is 0. The lowest BCUT2D eigenvalue weighted by molar-refractivity contribution is 0.559. The molecule has 2 rings (SSSR count). The Labute approximate surface area is 162 Å². The Morgan fingerprint density at radius 2 is 1.63 bits per heavy atom. The fourth-order valence-electron chi connectivity index (χ4n) is 2.27. The van der Waals surface area contributed by atoms with Gasteiger partial charge in [-0.15, -0.1) is 0 Å². The Balaban J connectivity index is 2.07. The van der Waals surface area contributed by atoms with Gasteiger partial charge in [0, 0.05) is 12.2 Å². The Morgan fingerprint density at radius 1 is 1.00 bits per heavy atom. The fourth-order valence-corrected chi connectivity index (χ4v) is 3.25. The molecule has 6 heteroatoms. The Morgan fingerprint density at radius 3 is 2.22 bits per heavy atom. The molecule has 0 aromatic heterocycles. The lowest BCUT2D eigenvalue weighted by atomic mass is 10.1. The maximum Gasteiger partial charge on any atom is 0.196 e. The van der Waals surface area contributed by atoms with Gasteiger partial charge >= 0.3 is 0 Å². The third kappa shape index (κ3) is 6.71. The zero-order valence-corrected chi connectivity index (χ0v) is 17.3. The van der Waals surface area contributed by atoms with Crippen LogP contribution in [0.15, 0.2) is 59.6 Å². The molecule has 0 atom stereocenters. The molecule has 2 aromatic carbocycles. The maximum atomic E-state index is 12.3. The number of para-hydroxylation sites is 1. The van der Waals surface area contributed by atoms with Crippen LogP contribution >= 0.6 is 0 Å². The van der Waals surface area contributed by atoms with E-state index in [0.29, 0.717) is 19.0 Å². The molecule has 0 bridgehead atoms. The molecule has 2 N–H and O–H groups in total. The summed E-state index contributed by atoms with van der Waals surface area (Å²) < 4.78 is 23.8. The molecule has 27 heavy (non-hydrogen) atoms. The molecule has 0 unspecified atom stereocenters. The lowest BCUT2D eigenvalue weighted by Gasteiger charge is -2.20. The first-order valence-corrected chi connectivity index (χ1v) is 10.7. The van der Waals surface area contributed by atoms with Gasteiger partial charge in [-0.2, -0.15) is 0 Å². The summed E-state index contributed by atoms with van der Waals surface area (Å²) in [7, 11) is -3.18. The van der Waals surface area contributed by atoms with Crippen molar-refractivity contribution in [3.8, 4) is 0 Å². The van der Waals surface area contributed by atoms with Gasteiger partial charge in [0.15, 0.2) is 15.8 Å². The van der Waals surface area contributed by atoms with Crippen molar-refractivity contribution in [1.29, 1.82) is 0 Å². The molecular weight excluding hydrogens is 358 g/mol. The van der Waals surface area contributed by atoms with Crippen LogP contribution in [0, 0.1) is 6.92 Å². The van der Waals surface area contributed by atoms with Crippen LogP contribution in [0.5, 0.6) is 0 Å². The molecule has 0 radical (unpaired) electrons. The van der Waals surface area contributed by atoms with Crippen LogP contribution in [0.25, 0.3) is 0 Å². The first-order valence-electron chi connectivity index (χ1n) is 9.06. The zero-order valence-electron chi connectivity index (χ0n) is 16.5. The molecule has 0 saturated heterocycles. The molecule has 5 nitrogen and oxygen atoms in total. The standard InChI is InChI=1S/C21H29N3O2S/c1-17-10-12-18(13-11-17)16-23-20(24-19-8-6-5-7-9-19)22-14-15-27(25,26)21(2,3)4/h5-13H,14-16H2,1-4H3,(H2,22,23,24). The number of anilines is 1. The van der Waals surface area contributed by atoms with Crippen molar-refractivity contribution in [2.45, 2.75) is 39.0 Å². The predicted molar refractivity (Wildman–Crippen MR) is 114 cm³/mol. The molecule has 0 aliphatic rings. The number of aryl methyl sites for hydroxylation is 1. The summed E-state index contributed by atoms with van der Waals surface area (Å²) in [4.78, 5) is 4.60. The number of hydrogen-bond acceptors (Lipinski definition) is 3. The van der Waals surface area contributed by atoms with Crippen LogP contribution in [-0.4, -0.2) is 31.4 Å². The number of sulfone groups is 1. The van der Waals surface area contributed by atoms with E-state index in [-0.39, 0.29) is 5.75 Å². The summed E-state index contributed by atoms with van der Waals surface area (Å²) in [5.41, 5.74) is 3.19. The predicted octanol–water partition coefficient (Wildman–Crippen LogP) is 3.77. The average Bonchev–Trinajstić information content (AvgIpc) is 2.60. The lowest BCUT2D eigenvalue weighted by Crippen LogP contribution is -2.38. The van der Waals surface area contributed by atoms with Crippen molar-refractivity contribution in [2.75, 3.05) is 17.6 Å². The minimum Gasteiger partial charge on any atom is -0.355 e. The number of aliphatic imine (C=N–C) groups is 1. The van der Waals surface area contributed by atoms with Crippen LogP contribution in [0.4, 0.5) is 5.69 Å². The zero-order chi connectivity index (χ0) is 19.9. The van der Waals surface area contributed by atoms with Gasteiger partial charge in [0.05, 0.1) is 17.0 Å². The van der Waals surface area contributed by atoms with Crippen molar-refractivity contribution in [3.63, 3.8) is 0 Å². The molecule has 0 fully saturated rings. The van der Waals surface area contributed by atoms with Gasteiger partial charge in [0.2, 0.25) is 0 Å². The van der Waals surface area contributed by atoms with Crippen LogP contribution in [-0.2, 0) is 16.4 Å². The summed E-state index contributed by atoms with van der Waals surface area (Å²) in [6.45, 7) is 8.01. The summed E-state index contributed by atoms with van der Waals surface area (Å²) in [6, 6.07) is 17.9. The van der Waals surface area contributed by atoms with E-state index in [1.807, 2.05) is 49.4 Å². The first-order chi connectivity index (χ1) is 12.7. The van der Waals surface area contributed by atoms with E-state index in [4.69, 9.17) is 0 Å². The van der Waals surface area contributed by atoms with Crippen molar-refractivity contribution >= 4 is 21.5 Å². The van der Waals surface area contributed by atoms with Gasteiger partial charge in [-0.05, 0) is 45.4 Å². The van der Waals surface area contributed by atoms with Crippen molar-refractivity contribution in [2.24, 2.45) is 4.99 Å². The second kappa shape index (κ2) is 9.04. The first kappa shape index (κ1) is 21.0. The molecule has 2 aromatic rings. The molecule has 0 saturated carbocycles. The van der Waals surface area contributed by atoms with E-state index in [9.17, 15) is 8.42 Å². The van der Waals surface area contributed by atoms with Crippen molar-refractivity contribution < 1.29 is 8.42 Å². The highest BCUT2D eigenvalue weighted by atomic mass is 32.2. The van der Waals surface area contributed by atoms with Crippen LogP contribution < -0.4 is 10.6 Å². The van der Waals surface area contributed by atoms with E-state index in [2.05, 4.69) is 27.8 Å². The molecule has 0 heterocycles. The van der Waals surface area contributed by atoms with Crippen LogP contribution in [0.2, 0.25) is 0 Å². The molecule has 0 spiro atoms. The number of hydrogen-bond donors (Lipinski definition) is 2. The van der Waals surface area contributed by atoms with E-state index >= 15 is 0 Å². The molecule has 0 amide bonds. The summed E-state index contributed by atoms with van der Waals surface area (Å²) in [5, 5.41) is 6.37. The largest absolute Gasteiger partial charge is 0.355 e. The number of nitrogens with zero attached hydrogens (tertiary/aromatic N) is 1. The second-order valence-corrected chi connectivity index (χ2v) is 10.4. The van der Waals surface area contributed by atoms with E-state index < -0.39 is 14.6 Å². The van der Waals surface area contributed by atoms with Crippen molar-refractivity contribution in [1.82, 2.24) is 5.32 Å². The van der Waals surface area contributed by atoms with Crippen LogP contribution in [0.3, 0.4) is 0 Å². The molecule has 146 valence electrons. The quantitative estimate of drug-likeness (QED) is 0.585. The van der Waals surface area contributed by atoms with Gasteiger partial charge in [0.1, 0.15) is 0 Å². The van der Waals surface area contributed by atoms with Gasteiger partial charge < -0.3 is 10.6 Å². The number of nitrogens with one attached hydrogen (secondary N) is 2. The van der Waals surface area contributed by atoms with E-state index in [1.165, 1.54) is 5.56 Å². The second-order valence-electron chi connectivity index (χ2n) is 7.50. The highest BCUT2D eigenvalue weighted by Crippen LogP contribution is 2.15. The summed E-state index contributed by atoms with van der Waals surface area (Å²) in [6.07, 6.45) is 0. The third-order valence-electron chi connectivity index (χ3n) is 4.17. The van der Waals surface area contributed by atoms with Crippen molar-refractivity contribution in [3.05, 3.63) is 65.7 Å². The van der Waals surface area contributed by atoms with Gasteiger partial charge in [-0.1, -0.05) is 48.0 Å². The normalized spacial score (nSPS) is 12.7. The Kier molecular flexibility index (Phi) is 7.02. The van der Waals surface area contributed by atoms with E-state index in [0.717, 1.165) is 11.3 Å². The third-order valence-corrected chi connectivity index (χ3v) is 6.78. The monoisotopic (exact) mass is 387 g/mol. The maximum absolute atomic E-state index is 12.3. The highest BCUT2D eigenvalue weighted by Gasteiger charge is 2.28. The van der Waals surface area contributed by atoms with Gasteiger partial charge in [0.25, 0.3) is 0 Å².